The van der Waals surface area contributed by atoms with E-state index in [-0.39, 0.29) is 11.9 Å². The van der Waals surface area contributed by atoms with E-state index in [0.29, 0.717) is 19.3 Å². The van der Waals surface area contributed by atoms with Crippen molar-refractivity contribution in [3.8, 4) is 0 Å². The molecule has 22 heavy (non-hydrogen) atoms. The second kappa shape index (κ2) is 5.72. The molecule has 5 heteroatoms. The number of carbonyl (C=O) groups excluding carboxylic acids is 1. The van der Waals surface area contributed by atoms with E-state index >= 15 is 0 Å². The van der Waals surface area contributed by atoms with Crippen molar-refractivity contribution in [1.29, 1.82) is 0 Å². The Kier molecular flexibility index (Phi) is 3.91. The first-order valence-corrected chi connectivity index (χ1v) is 7.93. The molecule has 1 aromatic rings. The lowest BCUT2D eigenvalue weighted by Crippen LogP contribution is -2.55. The summed E-state index contributed by atoms with van der Waals surface area (Å²) in [6, 6.07) is 7.19. The van der Waals surface area contributed by atoms with Gasteiger partial charge in [0.1, 0.15) is 0 Å². The van der Waals surface area contributed by atoms with Gasteiger partial charge >= 0.3 is 5.97 Å². The highest BCUT2D eigenvalue weighted by Crippen LogP contribution is 2.40. The van der Waals surface area contributed by atoms with Crippen molar-refractivity contribution >= 4 is 11.9 Å². The number of carboxylic acids is 1. The number of amides is 1. The smallest absolute Gasteiger partial charge is 0.311 e. The number of benzene rings is 1. The number of hydrogen-bond acceptors (Lipinski definition) is 3. The average Bonchev–Trinajstić information content (AvgIpc) is 2.87. The first kappa shape index (κ1) is 15.0. The van der Waals surface area contributed by atoms with E-state index < -0.39 is 17.4 Å². The van der Waals surface area contributed by atoms with Gasteiger partial charge in [0, 0.05) is 0 Å². The van der Waals surface area contributed by atoms with Gasteiger partial charge in [-0.3, -0.25) is 9.59 Å². The summed E-state index contributed by atoms with van der Waals surface area (Å²) in [4.78, 5) is 24.0. The van der Waals surface area contributed by atoms with E-state index in [2.05, 4.69) is 5.32 Å². The van der Waals surface area contributed by atoms with Crippen molar-refractivity contribution in [2.24, 2.45) is 5.73 Å². The number of carbonyl (C=O) groups is 2. The van der Waals surface area contributed by atoms with Crippen molar-refractivity contribution in [2.45, 2.75) is 56.0 Å². The SMILES string of the molecule is NC1(C(=O)NC2CC(C(=O)O)c3ccccc32)CCCCC1. The van der Waals surface area contributed by atoms with Gasteiger partial charge in [0.25, 0.3) is 0 Å². The molecule has 1 saturated carbocycles. The van der Waals surface area contributed by atoms with Gasteiger partial charge in [0.2, 0.25) is 5.91 Å². The van der Waals surface area contributed by atoms with Gasteiger partial charge in [-0.2, -0.15) is 0 Å². The largest absolute Gasteiger partial charge is 0.481 e. The normalized spacial score (nSPS) is 26.2. The molecular formula is C17H22N2O3. The fraction of sp³-hybridized carbons (Fsp3) is 0.529. The Morgan fingerprint density at radius 3 is 2.41 bits per heavy atom. The second-order valence-corrected chi connectivity index (χ2v) is 6.50. The number of rotatable bonds is 3. The van der Waals surface area contributed by atoms with Gasteiger partial charge in [0.15, 0.2) is 0 Å². The van der Waals surface area contributed by atoms with Crippen molar-refractivity contribution in [2.75, 3.05) is 0 Å². The zero-order valence-electron chi connectivity index (χ0n) is 12.5. The first-order valence-electron chi connectivity index (χ1n) is 7.93. The Morgan fingerprint density at radius 2 is 1.77 bits per heavy atom. The van der Waals surface area contributed by atoms with Gasteiger partial charge in [-0.05, 0) is 30.4 Å². The maximum Gasteiger partial charge on any atom is 0.311 e. The van der Waals surface area contributed by atoms with Gasteiger partial charge in [-0.25, -0.2) is 0 Å². The summed E-state index contributed by atoms with van der Waals surface area (Å²) in [7, 11) is 0. The van der Waals surface area contributed by atoms with Crippen LogP contribution in [0, 0.1) is 0 Å². The Labute approximate surface area is 129 Å². The molecule has 0 saturated heterocycles. The van der Waals surface area contributed by atoms with Crippen LogP contribution in [0.4, 0.5) is 0 Å². The predicted octanol–water partition coefficient (Wildman–Crippen LogP) is 2.08. The quantitative estimate of drug-likeness (QED) is 0.797. The third-order valence-electron chi connectivity index (χ3n) is 5.02. The maximum atomic E-state index is 12.6. The minimum atomic E-state index is -0.843. The number of hydrogen-bond donors (Lipinski definition) is 3. The van der Waals surface area contributed by atoms with Gasteiger partial charge in [-0.15, -0.1) is 0 Å². The Morgan fingerprint density at radius 1 is 1.14 bits per heavy atom. The summed E-state index contributed by atoms with van der Waals surface area (Å²) in [6.07, 6.45) is 4.88. The van der Waals surface area contributed by atoms with Crippen LogP contribution in [0.15, 0.2) is 24.3 Å². The van der Waals surface area contributed by atoms with Gasteiger partial charge < -0.3 is 16.2 Å². The maximum absolute atomic E-state index is 12.6. The molecule has 3 rings (SSSR count). The van der Waals surface area contributed by atoms with E-state index in [1.54, 1.807) is 0 Å². The van der Waals surface area contributed by atoms with Crippen molar-refractivity contribution in [3.63, 3.8) is 0 Å². The Balaban J connectivity index is 1.79. The third kappa shape index (κ3) is 2.61. The molecule has 1 fully saturated rings. The fourth-order valence-electron chi connectivity index (χ4n) is 3.72. The molecule has 4 N–H and O–H groups in total. The molecule has 2 aliphatic carbocycles. The van der Waals surface area contributed by atoms with Crippen LogP contribution in [-0.2, 0) is 9.59 Å². The first-order chi connectivity index (χ1) is 10.5. The highest BCUT2D eigenvalue weighted by atomic mass is 16.4. The number of carboxylic acid groups (broad SMARTS) is 1. The van der Waals surface area contributed by atoms with E-state index in [0.717, 1.165) is 30.4 Å². The van der Waals surface area contributed by atoms with Crippen LogP contribution < -0.4 is 11.1 Å². The topological polar surface area (TPSA) is 92.4 Å². The molecule has 0 aromatic heterocycles. The molecule has 2 unspecified atom stereocenters. The summed E-state index contributed by atoms with van der Waals surface area (Å²) in [5.41, 5.74) is 7.18. The number of nitrogens with one attached hydrogen (secondary N) is 1. The van der Waals surface area contributed by atoms with Crippen molar-refractivity contribution in [1.82, 2.24) is 5.32 Å². The molecule has 2 aliphatic rings. The molecule has 0 radical (unpaired) electrons. The van der Waals surface area contributed by atoms with Crippen LogP contribution in [0.1, 0.15) is 61.6 Å². The third-order valence-corrected chi connectivity index (χ3v) is 5.02. The lowest BCUT2D eigenvalue weighted by molar-refractivity contribution is -0.139. The van der Waals surface area contributed by atoms with E-state index in [1.807, 2.05) is 24.3 Å². The second-order valence-electron chi connectivity index (χ2n) is 6.50. The monoisotopic (exact) mass is 302 g/mol. The Hall–Kier alpha value is -1.88. The molecule has 1 aromatic carbocycles. The lowest BCUT2D eigenvalue weighted by atomic mass is 9.81. The van der Waals surface area contributed by atoms with Crippen LogP contribution in [0.2, 0.25) is 0 Å². The summed E-state index contributed by atoms with van der Waals surface area (Å²) < 4.78 is 0. The van der Waals surface area contributed by atoms with Gasteiger partial charge in [-0.1, -0.05) is 43.5 Å². The van der Waals surface area contributed by atoms with E-state index in [4.69, 9.17) is 5.73 Å². The summed E-state index contributed by atoms with van der Waals surface area (Å²) in [5, 5.41) is 12.4. The van der Waals surface area contributed by atoms with Crippen LogP contribution in [0.5, 0.6) is 0 Å². The van der Waals surface area contributed by atoms with Gasteiger partial charge in [0.05, 0.1) is 17.5 Å². The van der Waals surface area contributed by atoms with E-state index in [9.17, 15) is 14.7 Å². The molecule has 1 amide bonds. The molecule has 0 aliphatic heterocycles. The zero-order chi connectivity index (χ0) is 15.7. The lowest BCUT2D eigenvalue weighted by Gasteiger charge is -2.33. The van der Waals surface area contributed by atoms with Crippen LogP contribution in [0.25, 0.3) is 0 Å². The minimum absolute atomic E-state index is 0.141. The highest BCUT2D eigenvalue weighted by molar-refractivity contribution is 5.87. The van der Waals surface area contributed by atoms with Crippen LogP contribution >= 0.6 is 0 Å². The van der Waals surface area contributed by atoms with Crippen molar-refractivity contribution in [3.05, 3.63) is 35.4 Å². The Bertz CT molecular complexity index is 593. The summed E-state index contributed by atoms with van der Waals surface area (Å²) in [5.74, 6) is -1.54. The molecule has 0 bridgehead atoms. The predicted molar refractivity (Wildman–Crippen MR) is 82.3 cm³/mol. The summed E-state index contributed by atoms with van der Waals surface area (Å²) in [6.45, 7) is 0. The minimum Gasteiger partial charge on any atom is -0.481 e. The highest BCUT2D eigenvalue weighted by Gasteiger charge is 2.40. The standard InChI is InChI=1S/C17H22N2O3/c18-17(8-4-1-5-9-17)16(22)19-14-10-13(15(20)21)11-6-2-3-7-12(11)14/h2-3,6-7,13-14H,1,4-5,8-10,18H2,(H,19,22)(H,20,21). The summed E-state index contributed by atoms with van der Waals surface area (Å²) >= 11 is 0. The molecule has 5 nitrogen and oxygen atoms in total. The molecular weight excluding hydrogens is 280 g/mol. The molecule has 0 heterocycles. The number of nitrogens with two attached hydrogens (primary N) is 1. The average molecular weight is 302 g/mol. The number of fused-ring (bicyclic) bond motifs is 1. The van der Waals surface area contributed by atoms with E-state index in [1.165, 1.54) is 0 Å². The zero-order valence-corrected chi connectivity index (χ0v) is 12.5. The number of aliphatic carboxylic acids is 1. The molecule has 0 spiro atoms. The van der Waals surface area contributed by atoms with Crippen LogP contribution in [0.3, 0.4) is 0 Å². The fourth-order valence-corrected chi connectivity index (χ4v) is 3.72. The van der Waals surface area contributed by atoms with Crippen molar-refractivity contribution < 1.29 is 14.7 Å². The molecule has 2 atom stereocenters. The van der Waals surface area contributed by atoms with Crippen LogP contribution in [-0.4, -0.2) is 22.5 Å². The molecule has 118 valence electrons.